The first-order valence-corrected chi connectivity index (χ1v) is 5.21. The zero-order chi connectivity index (χ0) is 11.9. The highest BCUT2D eigenvalue weighted by Crippen LogP contribution is 2.54. The van der Waals surface area contributed by atoms with Gasteiger partial charge in [0.05, 0.1) is 11.3 Å². The quantitative estimate of drug-likeness (QED) is 0.807. The highest BCUT2D eigenvalue weighted by atomic mass is 35.5. The molecule has 5 heteroatoms. The van der Waals surface area contributed by atoms with Gasteiger partial charge in [-0.2, -0.15) is 0 Å². The van der Waals surface area contributed by atoms with Crippen molar-refractivity contribution in [2.24, 2.45) is 17.4 Å². The molecule has 0 aromatic heterocycles. The van der Waals surface area contributed by atoms with Crippen molar-refractivity contribution in [3.63, 3.8) is 0 Å². The highest BCUT2D eigenvalue weighted by Gasteiger charge is 2.63. The minimum Gasteiger partial charge on any atom is -0.369 e. The molecule has 4 N–H and O–H groups in total. The van der Waals surface area contributed by atoms with Crippen molar-refractivity contribution >= 4 is 23.4 Å². The van der Waals surface area contributed by atoms with Gasteiger partial charge in [-0.3, -0.25) is 9.59 Å². The van der Waals surface area contributed by atoms with Gasteiger partial charge in [0.25, 0.3) is 0 Å². The molecule has 2 atom stereocenters. The fourth-order valence-corrected chi connectivity index (χ4v) is 2.21. The summed E-state index contributed by atoms with van der Waals surface area (Å²) < 4.78 is 0. The second-order valence-corrected chi connectivity index (χ2v) is 4.44. The molecule has 4 nitrogen and oxygen atoms in total. The summed E-state index contributed by atoms with van der Waals surface area (Å²) in [5.41, 5.74) is 10.3. The highest BCUT2D eigenvalue weighted by molar-refractivity contribution is 6.30. The molecular formula is C11H11ClN2O2. The molecular weight excluding hydrogens is 228 g/mol. The number of hydrogen-bond donors (Lipinski definition) is 2. The number of nitrogens with two attached hydrogens (primary N) is 2. The van der Waals surface area contributed by atoms with Crippen molar-refractivity contribution in [1.29, 1.82) is 0 Å². The second kappa shape index (κ2) is 3.49. The molecule has 84 valence electrons. The van der Waals surface area contributed by atoms with E-state index < -0.39 is 23.1 Å². The van der Waals surface area contributed by atoms with Gasteiger partial charge in [0.15, 0.2) is 0 Å². The Kier molecular flexibility index (Phi) is 2.39. The minimum atomic E-state index is -0.920. The van der Waals surface area contributed by atoms with Crippen LogP contribution < -0.4 is 11.5 Å². The Morgan fingerprint density at radius 2 is 1.81 bits per heavy atom. The second-order valence-electron chi connectivity index (χ2n) is 4.00. The standard InChI is InChI=1S/C11H11ClN2O2/c12-7-3-1-6(2-4-7)11(10(14)16)5-8(11)9(13)15/h1-4,8H,5H2,(H2,13,15)(H2,14,16). The third-order valence-corrected chi connectivity index (χ3v) is 3.36. The molecule has 1 aliphatic carbocycles. The number of benzene rings is 1. The van der Waals surface area contributed by atoms with E-state index in [4.69, 9.17) is 23.1 Å². The molecule has 0 saturated heterocycles. The first kappa shape index (κ1) is 11.0. The van der Waals surface area contributed by atoms with E-state index in [1.165, 1.54) is 0 Å². The van der Waals surface area contributed by atoms with E-state index in [-0.39, 0.29) is 0 Å². The summed E-state index contributed by atoms with van der Waals surface area (Å²) in [6.45, 7) is 0. The van der Waals surface area contributed by atoms with Crippen LogP contribution in [0.4, 0.5) is 0 Å². The average Bonchev–Trinajstić information content (AvgIpc) is 2.95. The molecule has 0 spiro atoms. The first-order chi connectivity index (χ1) is 7.48. The SMILES string of the molecule is NC(=O)C1CC1(C(N)=O)c1ccc(Cl)cc1. The van der Waals surface area contributed by atoms with Gasteiger partial charge in [-0.15, -0.1) is 0 Å². The van der Waals surface area contributed by atoms with Gasteiger partial charge in [-0.1, -0.05) is 23.7 Å². The Labute approximate surface area is 97.6 Å². The Morgan fingerprint density at radius 1 is 1.25 bits per heavy atom. The van der Waals surface area contributed by atoms with Gasteiger partial charge in [-0.25, -0.2) is 0 Å². The van der Waals surface area contributed by atoms with Crippen LogP contribution in [0.25, 0.3) is 0 Å². The van der Waals surface area contributed by atoms with Gasteiger partial charge in [-0.05, 0) is 24.1 Å². The van der Waals surface area contributed by atoms with Crippen LogP contribution in [0.1, 0.15) is 12.0 Å². The molecule has 16 heavy (non-hydrogen) atoms. The third kappa shape index (κ3) is 1.46. The molecule has 1 aromatic rings. The van der Waals surface area contributed by atoms with Crippen LogP contribution in [-0.2, 0) is 15.0 Å². The molecule has 2 amide bonds. The number of carbonyl (C=O) groups is 2. The molecule has 1 aromatic carbocycles. The maximum absolute atomic E-state index is 11.5. The summed E-state index contributed by atoms with van der Waals surface area (Å²) in [5.74, 6) is -1.50. The maximum Gasteiger partial charge on any atom is 0.228 e. The first-order valence-electron chi connectivity index (χ1n) is 4.84. The predicted octanol–water partition coefficient (Wildman–Crippen LogP) is 0.568. The fourth-order valence-electron chi connectivity index (χ4n) is 2.09. The van der Waals surface area contributed by atoms with Crippen molar-refractivity contribution in [3.8, 4) is 0 Å². The topological polar surface area (TPSA) is 86.2 Å². The van der Waals surface area contributed by atoms with Gasteiger partial charge in [0, 0.05) is 5.02 Å². The van der Waals surface area contributed by atoms with E-state index in [2.05, 4.69) is 0 Å². The largest absolute Gasteiger partial charge is 0.369 e. The van der Waals surface area contributed by atoms with E-state index in [1.54, 1.807) is 24.3 Å². The Morgan fingerprint density at radius 3 is 2.19 bits per heavy atom. The lowest BCUT2D eigenvalue weighted by Gasteiger charge is -2.12. The van der Waals surface area contributed by atoms with E-state index in [0.717, 1.165) is 0 Å². The van der Waals surface area contributed by atoms with Crippen molar-refractivity contribution in [2.45, 2.75) is 11.8 Å². The summed E-state index contributed by atoms with van der Waals surface area (Å²) in [5, 5.41) is 0.569. The number of amides is 2. The van der Waals surface area contributed by atoms with Crippen LogP contribution in [0.2, 0.25) is 5.02 Å². The average molecular weight is 239 g/mol. The minimum absolute atomic E-state index is 0.388. The van der Waals surface area contributed by atoms with Gasteiger partial charge in [0.2, 0.25) is 11.8 Å². The summed E-state index contributed by atoms with van der Waals surface area (Å²) in [4.78, 5) is 22.6. The molecule has 2 rings (SSSR count). The van der Waals surface area contributed by atoms with Crippen LogP contribution in [-0.4, -0.2) is 11.8 Å². The van der Waals surface area contributed by atoms with Crippen molar-refractivity contribution < 1.29 is 9.59 Å². The van der Waals surface area contributed by atoms with E-state index in [0.29, 0.717) is 17.0 Å². The number of primary amides is 2. The molecule has 0 radical (unpaired) electrons. The Bertz CT molecular complexity index is 458. The van der Waals surface area contributed by atoms with Crippen LogP contribution in [0.15, 0.2) is 24.3 Å². The van der Waals surface area contributed by atoms with Crippen LogP contribution in [0.3, 0.4) is 0 Å². The van der Waals surface area contributed by atoms with Gasteiger partial charge >= 0.3 is 0 Å². The van der Waals surface area contributed by atoms with Crippen molar-refractivity contribution in [1.82, 2.24) is 0 Å². The molecule has 0 heterocycles. The number of carbonyl (C=O) groups excluding carboxylic acids is 2. The maximum atomic E-state index is 11.5. The smallest absolute Gasteiger partial charge is 0.228 e. The monoisotopic (exact) mass is 238 g/mol. The lowest BCUT2D eigenvalue weighted by atomic mass is 9.92. The van der Waals surface area contributed by atoms with E-state index in [9.17, 15) is 9.59 Å². The van der Waals surface area contributed by atoms with Crippen LogP contribution in [0.5, 0.6) is 0 Å². The lowest BCUT2D eigenvalue weighted by Crippen LogP contribution is -2.33. The zero-order valence-corrected chi connectivity index (χ0v) is 9.20. The normalized spacial score (nSPS) is 27.4. The number of rotatable bonds is 3. The third-order valence-electron chi connectivity index (χ3n) is 3.10. The molecule has 2 unspecified atom stereocenters. The van der Waals surface area contributed by atoms with E-state index in [1.807, 2.05) is 0 Å². The van der Waals surface area contributed by atoms with Crippen molar-refractivity contribution in [3.05, 3.63) is 34.9 Å². The number of hydrogen-bond acceptors (Lipinski definition) is 2. The van der Waals surface area contributed by atoms with Crippen molar-refractivity contribution in [2.75, 3.05) is 0 Å². The molecule has 0 aliphatic heterocycles. The summed E-state index contributed by atoms with van der Waals surface area (Å²) >= 11 is 5.75. The van der Waals surface area contributed by atoms with Gasteiger partial charge < -0.3 is 11.5 Å². The van der Waals surface area contributed by atoms with Crippen LogP contribution >= 0.6 is 11.6 Å². The zero-order valence-electron chi connectivity index (χ0n) is 8.44. The lowest BCUT2D eigenvalue weighted by molar-refractivity contribution is -0.125. The molecule has 1 aliphatic rings. The molecule has 1 fully saturated rings. The van der Waals surface area contributed by atoms with Gasteiger partial charge in [0.1, 0.15) is 0 Å². The van der Waals surface area contributed by atoms with Crippen LogP contribution in [0, 0.1) is 5.92 Å². The summed E-state index contributed by atoms with van der Waals surface area (Å²) in [6, 6.07) is 6.74. The molecule has 0 bridgehead atoms. The number of halogens is 1. The predicted molar refractivity (Wildman–Crippen MR) is 59.6 cm³/mol. The van der Waals surface area contributed by atoms with E-state index >= 15 is 0 Å². The summed E-state index contributed by atoms with van der Waals surface area (Å²) in [7, 11) is 0. The Balaban J connectivity index is 2.40. The molecule has 1 saturated carbocycles. The summed E-state index contributed by atoms with van der Waals surface area (Å²) in [6.07, 6.45) is 0.388. The Hall–Kier alpha value is -1.55. The fraction of sp³-hybridized carbons (Fsp3) is 0.273.